The van der Waals surface area contributed by atoms with Gasteiger partial charge in [0.15, 0.2) is 0 Å². The van der Waals surface area contributed by atoms with Crippen LogP contribution in [0.2, 0.25) is 0 Å². The second-order valence-electron chi connectivity index (χ2n) is 4.14. The molecule has 1 unspecified atom stereocenters. The van der Waals surface area contributed by atoms with Gasteiger partial charge in [0.1, 0.15) is 18.8 Å². The number of ether oxygens (including phenoxy) is 2. The molecule has 0 bridgehead atoms. The maximum absolute atomic E-state index is 11.9. The van der Waals surface area contributed by atoms with E-state index in [9.17, 15) is 4.79 Å². The van der Waals surface area contributed by atoms with Crippen molar-refractivity contribution < 1.29 is 14.3 Å². The molecule has 0 amide bonds. The van der Waals surface area contributed by atoms with E-state index in [4.69, 9.17) is 21.1 Å². The van der Waals surface area contributed by atoms with Gasteiger partial charge in [-0.05, 0) is 17.7 Å². The van der Waals surface area contributed by atoms with Crippen LogP contribution < -0.4 is 0 Å². The second-order valence-corrected chi connectivity index (χ2v) is 4.36. The van der Waals surface area contributed by atoms with Crippen molar-refractivity contribution >= 4 is 17.6 Å². The summed E-state index contributed by atoms with van der Waals surface area (Å²) in [7, 11) is 0. The Bertz CT molecular complexity index is 528. The van der Waals surface area contributed by atoms with Gasteiger partial charge >= 0.3 is 5.97 Å². The number of halogens is 1. The van der Waals surface area contributed by atoms with Gasteiger partial charge in [-0.1, -0.05) is 60.1 Å². The standard InChI is InChI=1S/C16H15ClO3/c17-12-20-15(13-7-3-1-4-8-13)11-19-16(18)14-9-5-2-6-10-14/h1-10,15H,11-12H2. The van der Waals surface area contributed by atoms with Crippen molar-refractivity contribution in [2.45, 2.75) is 6.10 Å². The van der Waals surface area contributed by atoms with E-state index in [1.54, 1.807) is 24.3 Å². The normalized spacial score (nSPS) is 11.8. The van der Waals surface area contributed by atoms with Gasteiger partial charge in [-0.25, -0.2) is 4.79 Å². The summed E-state index contributed by atoms with van der Waals surface area (Å²) in [6.45, 7) is 0.129. The number of esters is 1. The molecule has 0 aliphatic carbocycles. The highest BCUT2D eigenvalue weighted by Gasteiger charge is 2.15. The van der Waals surface area contributed by atoms with E-state index in [-0.39, 0.29) is 24.7 Å². The molecule has 2 aromatic carbocycles. The lowest BCUT2D eigenvalue weighted by Crippen LogP contribution is -2.15. The molecular weight excluding hydrogens is 276 g/mol. The summed E-state index contributed by atoms with van der Waals surface area (Å²) in [6.07, 6.45) is -0.360. The van der Waals surface area contributed by atoms with Crippen LogP contribution in [0, 0.1) is 0 Å². The quantitative estimate of drug-likeness (QED) is 0.600. The minimum atomic E-state index is -0.371. The van der Waals surface area contributed by atoms with E-state index in [2.05, 4.69) is 0 Å². The van der Waals surface area contributed by atoms with Gasteiger partial charge in [0.05, 0.1) is 5.56 Å². The molecule has 0 aromatic heterocycles. The van der Waals surface area contributed by atoms with Crippen molar-refractivity contribution in [1.29, 1.82) is 0 Å². The maximum Gasteiger partial charge on any atom is 0.338 e. The predicted octanol–water partition coefficient (Wildman–Crippen LogP) is 3.80. The Hall–Kier alpha value is -1.84. The molecule has 0 saturated heterocycles. The van der Waals surface area contributed by atoms with Gasteiger partial charge in [0, 0.05) is 0 Å². The first-order valence-electron chi connectivity index (χ1n) is 6.26. The Morgan fingerprint density at radius 3 is 2.20 bits per heavy atom. The molecule has 0 aliphatic rings. The van der Waals surface area contributed by atoms with Crippen LogP contribution >= 0.6 is 11.6 Å². The van der Waals surface area contributed by atoms with Gasteiger partial charge in [-0.2, -0.15) is 0 Å². The van der Waals surface area contributed by atoms with E-state index >= 15 is 0 Å². The summed E-state index contributed by atoms with van der Waals surface area (Å²) in [5.74, 6) is -0.371. The Morgan fingerprint density at radius 1 is 1.00 bits per heavy atom. The number of benzene rings is 2. The Labute approximate surface area is 123 Å². The molecule has 3 nitrogen and oxygen atoms in total. The molecule has 2 rings (SSSR count). The van der Waals surface area contributed by atoms with Crippen molar-refractivity contribution in [1.82, 2.24) is 0 Å². The third-order valence-electron chi connectivity index (χ3n) is 2.81. The molecule has 20 heavy (non-hydrogen) atoms. The predicted molar refractivity (Wildman–Crippen MR) is 77.7 cm³/mol. The van der Waals surface area contributed by atoms with Crippen LogP contribution in [0.5, 0.6) is 0 Å². The van der Waals surface area contributed by atoms with Crippen LogP contribution in [0.25, 0.3) is 0 Å². The fraction of sp³-hybridized carbons (Fsp3) is 0.188. The van der Waals surface area contributed by atoms with Gasteiger partial charge in [-0.15, -0.1) is 0 Å². The van der Waals surface area contributed by atoms with Crippen molar-refractivity contribution in [3.05, 3.63) is 71.8 Å². The minimum absolute atomic E-state index is 0.0441. The Morgan fingerprint density at radius 2 is 1.60 bits per heavy atom. The highest BCUT2D eigenvalue weighted by atomic mass is 35.5. The zero-order valence-electron chi connectivity index (χ0n) is 10.9. The maximum atomic E-state index is 11.9. The largest absolute Gasteiger partial charge is 0.459 e. The smallest absolute Gasteiger partial charge is 0.338 e. The first-order chi connectivity index (χ1) is 9.81. The van der Waals surface area contributed by atoms with Crippen LogP contribution in [0.4, 0.5) is 0 Å². The molecule has 0 spiro atoms. The van der Waals surface area contributed by atoms with Crippen LogP contribution in [0.15, 0.2) is 60.7 Å². The number of alkyl halides is 1. The van der Waals surface area contributed by atoms with Crippen molar-refractivity contribution in [2.24, 2.45) is 0 Å². The second kappa shape index (κ2) is 7.68. The molecule has 104 valence electrons. The molecule has 0 N–H and O–H groups in total. The lowest BCUT2D eigenvalue weighted by Gasteiger charge is -2.16. The average Bonchev–Trinajstić information content (AvgIpc) is 2.53. The van der Waals surface area contributed by atoms with Crippen molar-refractivity contribution in [2.75, 3.05) is 12.7 Å². The average molecular weight is 291 g/mol. The highest BCUT2D eigenvalue weighted by Crippen LogP contribution is 2.18. The number of hydrogen-bond donors (Lipinski definition) is 0. The number of carbonyl (C=O) groups is 1. The Kier molecular flexibility index (Phi) is 5.59. The topological polar surface area (TPSA) is 35.5 Å². The van der Waals surface area contributed by atoms with Gasteiger partial charge in [0.2, 0.25) is 0 Å². The summed E-state index contributed by atoms with van der Waals surface area (Å²) in [5, 5.41) is 0. The molecule has 2 aromatic rings. The highest BCUT2D eigenvalue weighted by molar-refractivity contribution is 6.17. The van der Waals surface area contributed by atoms with Gasteiger partial charge in [0.25, 0.3) is 0 Å². The summed E-state index contributed by atoms with van der Waals surface area (Å²) in [6, 6.07) is 18.4. The number of hydrogen-bond acceptors (Lipinski definition) is 3. The van der Waals surface area contributed by atoms with Crippen molar-refractivity contribution in [3.8, 4) is 0 Å². The SMILES string of the molecule is O=C(OCC(OCCl)c1ccccc1)c1ccccc1. The van der Waals surface area contributed by atoms with E-state index in [1.165, 1.54) is 0 Å². The van der Waals surface area contributed by atoms with E-state index in [0.29, 0.717) is 5.56 Å². The molecule has 0 aliphatic heterocycles. The zero-order valence-corrected chi connectivity index (χ0v) is 11.6. The van der Waals surface area contributed by atoms with Crippen LogP contribution in [0.1, 0.15) is 22.0 Å². The third kappa shape index (κ3) is 4.08. The van der Waals surface area contributed by atoms with Gasteiger partial charge < -0.3 is 9.47 Å². The van der Waals surface area contributed by atoms with E-state index < -0.39 is 0 Å². The molecule has 0 radical (unpaired) electrons. The first kappa shape index (κ1) is 14.6. The summed E-state index contributed by atoms with van der Waals surface area (Å²) in [5.41, 5.74) is 1.44. The van der Waals surface area contributed by atoms with Crippen LogP contribution in [-0.4, -0.2) is 18.6 Å². The number of rotatable bonds is 6. The molecule has 0 heterocycles. The lowest BCUT2D eigenvalue weighted by molar-refractivity contribution is 0.00474. The Balaban J connectivity index is 1.98. The molecule has 4 heteroatoms. The summed E-state index contributed by atoms with van der Waals surface area (Å²) < 4.78 is 10.7. The summed E-state index contributed by atoms with van der Waals surface area (Å²) in [4.78, 5) is 11.9. The molecular formula is C16H15ClO3. The van der Waals surface area contributed by atoms with E-state index in [1.807, 2.05) is 36.4 Å². The van der Waals surface area contributed by atoms with Crippen LogP contribution in [-0.2, 0) is 9.47 Å². The minimum Gasteiger partial charge on any atom is -0.459 e. The fourth-order valence-corrected chi connectivity index (χ4v) is 1.95. The third-order valence-corrected chi connectivity index (χ3v) is 2.94. The van der Waals surface area contributed by atoms with Crippen molar-refractivity contribution in [3.63, 3.8) is 0 Å². The molecule has 0 saturated carbocycles. The first-order valence-corrected chi connectivity index (χ1v) is 6.79. The number of carbonyl (C=O) groups excluding carboxylic acids is 1. The van der Waals surface area contributed by atoms with Crippen LogP contribution in [0.3, 0.4) is 0 Å². The lowest BCUT2D eigenvalue weighted by atomic mass is 10.1. The zero-order chi connectivity index (χ0) is 14.2. The summed E-state index contributed by atoms with van der Waals surface area (Å²) >= 11 is 5.62. The van der Waals surface area contributed by atoms with E-state index in [0.717, 1.165) is 5.56 Å². The molecule has 0 fully saturated rings. The van der Waals surface area contributed by atoms with Gasteiger partial charge in [-0.3, -0.25) is 0 Å². The monoisotopic (exact) mass is 290 g/mol. The fourth-order valence-electron chi connectivity index (χ4n) is 1.79. The molecule has 1 atom stereocenters.